The molecule has 0 spiro atoms. The van der Waals surface area contributed by atoms with Crippen molar-refractivity contribution in [3.63, 3.8) is 0 Å². The number of aliphatic hydroxyl groups is 1. The molecule has 1 atom stereocenters. The van der Waals surface area contributed by atoms with Gasteiger partial charge < -0.3 is 20.1 Å². The Morgan fingerprint density at radius 3 is 2.61 bits per heavy atom. The molecule has 1 aliphatic rings. The summed E-state index contributed by atoms with van der Waals surface area (Å²) < 4.78 is 5.05. The van der Waals surface area contributed by atoms with E-state index in [2.05, 4.69) is 5.32 Å². The summed E-state index contributed by atoms with van der Waals surface area (Å²) in [5.41, 5.74) is -0.628. The third kappa shape index (κ3) is 4.73. The Kier molecular flexibility index (Phi) is 5.28. The van der Waals surface area contributed by atoms with Crippen molar-refractivity contribution in [2.45, 2.75) is 32.4 Å². The van der Waals surface area contributed by atoms with Crippen molar-refractivity contribution in [3.05, 3.63) is 0 Å². The van der Waals surface area contributed by atoms with Gasteiger partial charge >= 0.3 is 6.09 Å². The summed E-state index contributed by atoms with van der Waals surface area (Å²) in [7, 11) is 0. The van der Waals surface area contributed by atoms with Gasteiger partial charge in [0.05, 0.1) is 12.5 Å². The van der Waals surface area contributed by atoms with Gasteiger partial charge in [-0.05, 0) is 20.8 Å². The molecule has 0 bridgehead atoms. The van der Waals surface area contributed by atoms with Crippen molar-refractivity contribution in [1.29, 1.82) is 0 Å². The molecule has 0 aliphatic carbocycles. The zero-order chi connectivity index (χ0) is 13.8. The van der Waals surface area contributed by atoms with Crippen molar-refractivity contribution in [1.82, 2.24) is 10.2 Å². The molecule has 1 saturated heterocycles. The molecule has 1 fully saturated rings. The van der Waals surface area contributed by atoms with Crippen LogP contribution in [0.2, 0.25) is 0 Å². The number of nitrogens with one attached hydrogen (secondary N) is 1. The number of alkyl carbamates (subject to hydrolysis) is 1. The van der Waals surface area contributed by atoms with Crippen molar-refractivity contribution in [3.8, 4) is 0 Å². The first-order valence-electron chi connectivity index (χ1n) is 5.80. The first-order valence-corrected chi connectivity index (χ1v) is 6.96. The van der Waals surface area contributed by atoms with E-state index < -0.39 is 24.3 Å². The summed E-state index contributed by atoms with van der Waals surface area (Å²) in [6.07, 6.45) is -0.693. The lowest BCUT2D eigenvalue weighted by Gasteiger charge is -2.24. The van der Waals surface area contributed by atoms with Gasteiger partial charge in [-0.1, -0.05) is 0 Å². The first kappa shape index (κ1) is 15.1. The molecule has 0 aromatic heterocycles. The largest absolute Gasteiger partial charge is 0.444 e. The summed E-state index contributed by atoms with van der Waals surface area (Å²) in [6.45, 7) is 5.42. The number of carbonyl (C=O) groups is 2. The molecule has 1 heterocycles. The lowest BCUT2D eigenvalue weighted by Crippen LogP contribution is -2.50. The SMILES string of the molecule is CC(C)(C)OC(=O)N[C@@H](CO)C(=O)N1CCSC1. The minimum absolute atomic E-state index is 0.270. The molecule has 18 heavy (non-hydrogen) atoms. The second-order valence-corrected chi connectivity index (χ2v) is 6.10. The maximum absolute atomic E-state index is 12.0. The fraction of sp³-hybridized carbons (Fsp3) is 0.818. The van der Waals surface area contributed by atoms with Crippen LogP contribution in [0.3, 0.4) is 0 Å². The molecular formula is C11H20N2O4S. The zero-order valence-electron chi connectivity index (χ0n) is 10.9. The van der Waals surface area contributed by atoms with Gasteiger partial charge in [-0.3, -0.25) is 4.79 Å². The highest BCUT2D eigenvalue weighted by molar-refractivity contribution is 7.99. The van der Waals surface area contributed by atoms with Crippen LogP contribution in [0, 0.1) is 0 Å². The second kappa shape index (κ2) is 6.29. The van der Waals surface area contributed by atoms with E-state index in [9.17, 15) is 14.7 Å². The van der Waals surface area contributed by atoms with Gasteiger partial charge in [0.1, 0.15) is 11.6 Å². The van der Waals surface area contributed by atoms with Gasteiger partial charge in [-0.2, -0.15) is 0 Å². The third-order valence-corrected chi connectivity index (χ3v) is 3.20. The molecule has 7 heteroatoms. The molecule has 0 aromatic carbocycles. The quantitative estimate of drug-likeness (QED) is 0.780. The maximum atomic E-state index is 12.0. The van der Waals surface area contributed by atoms with Crippen LogP contribution in [0.5, 0.6) is 0 Å². The average molecular weight is 276 g/mol. The highest BCUT2D eigenvalue weighted by Crippen LogP contribution is 2.14. The fourth-order valence-corrected chi connectivity index (χ4v) is 2.40. The van der Waals surface area contributed by atoms with Crippen LogP contribution in [0.1, 0.15) is 20.8 Å². The predicted molar refractivity (Wildman–Crippen MR) is 69.3 cm³/mol. The highest BCUT2D eigenvalue weighted by Gasteiger charge is 2.29. The van der Waals surface area contributed by atoms with Gasteiger partial charge in [-0.15, -0.1) is 11.8 Å². The van der Waals surface area contributed by atoms with Crippen LogP contribution in [-0.2, 0) is 9.53 Å². The fourth-order valence-electron chi connectivity index (χ4n) is 1.44. The number of hydrogen-bond acceptors (Lipinski definition) is 5. The van der Waals surface area contributed by atoms with Crippen molar-refractivity contribution < 1.29 is 19.4 Å². The number of nitrogens with zero attached hydrogens (tertiary/aromatic N) is 1. The Hall–Kier alpha value is -0.950. The van der Waals surface area contributed by atoms with Crippen LogP contribution in [0.15, 0.2) is 0 Å². The smallest absolute Gasteiger partial charge is 0.408 e. The van der Waals surface area contributed by atoms with Gasteiger partial charge in [0.15, 0.2) is 0 Å². The molecule has 6 nitrogen and oxygen atoms in total. The molecule has 1 rings (SSSR count). The predicted octanol–water partition coefficient (Wildman–Crippen LogP) is 0.405. The van der Waals surface area contributed by atoms with E-state index in [-0.39, 0.29) is 5.91 Å². The van der Waals surface area contributed by atoms with E-state index in [1.807, 2.05) is 0 Å². The van der Waals surface area contributed by atoms with Gasteiger partial charge in [0.2, 0.25) is 5.91 Å². The normalized spacial score (nSPS) is 17.4. The third-order valence-electron chi connectivity index (χ3n) is 2.24. The van der Waals surface area contributed by atoms with Crippen molar-refractivity contribution in [2.75, 3.05) is 24.8 Å². The number of aliphatic hydroxyl groups excluding tert-OH is 1. The lowest BCUT2D eigenvalue weighted by atomic mass is 10.2. The maximum Gasteiger partial charge on any atom is 0.408 e. The second-order valence-electron chi connectivity index (χ2n) is 5.02. The van der Waals surface area contributed by atoms with E-state index >= 15 is 0 Å². The summed E-state index contributed by atoms with van der Waals surface area (Å²) in [5.74, 6) is 1.22. The molecule has 0 radical (unpaired) electrons. The standard InChI is InChI=1S/C11H20N2O4S/c1-11(2,3)17-10(16)12-8(6-14)9(15)13-4-5-18-7-13/h8,14H,4-7H2,1-3H3,(H,12,16)/t8-/m0/s1. The molecule has 0 saturated carbocycles. The van der Waals surface area contributed by atoms with Crippen LogP contribution < -0.4 is 5.32 Å². The lowest BCUT2D eigenvalue weighted by molar-refractivity contribution is -0.132. The number of hydrogen-bond donors (Lipinski definition) is 2. The molecular weight excluding hydrogens is 256 g/mol. The van der Waals surface area contributed by atoms with Crippen LogP contribution in [-0.4, -0.2) is 58.4 Å². The van der Waals surface area contributed by atoms with E-state index in [4.69, 9.17) is 4.74 Å². The highest BCUT2D eigenvalue weighted by atomic mass is 32.2. The number of thioether (sulfide) groups is 1. The molecule has 0 aromatic rings. The topological polar surface area (TPSA) is 78.9 Å². The Morgan fingerprint density at radius 2 is 2.17 bits per heavy atom. The zero-order valence-corrected chi connectivity index (χ0v) is 11.7. The average Bonchev–Trinajstić information content (AvgIpc) is 2.75. The summed E-state index contributed by atoms with van der Waals surface area (Å²) >= 11 is 1.65. The minimum atomic E-state index is -0.932. The Labute approximate surface area is 111 Å². The van der Waals surface area contributed by atoms with E-state index in [0.717, 1.165) is 5.75 Å². The van der Waals surface area contributed by atoms with E-state index in [1.54, 1.807) is 37.4 Å². The first-order chi connectivity index (χ1) is 8.33. The van der Waals surface area contributed by atoms with Gasteiger partial charge in [0, 0.05) is 12.3 Å². The molecule has 2 amide bonds. The van der Waals surface area contributed by atoms with E-state index in [1.165, 1.54) is 0 Å². The van der Waals surface area contributed by atoms with Gasteiger partial charge in [-0.25, -0.2) is 4.79 Å². The van der Waals surface area contributed by atoms with Crippen molar-refractivity contribution >= 4 is 23.8 Å². The monoisotopic (exact) mass is 276 g/mol. The van der Waals surface area contributed by atoms with Crippen LogP contribution in [0.4, 0.5) is 4.79 Å². The Morgan fingerprint density at radius 1 is 1.50 bits per heavy atom. The van der Waals surface area contributed by atoms with Crippen LogP contribution >= 0.6 is 11.8 Å². The summed E-state index contributed by atoms with van der Waals surface area (Å²) in [6, 6.07) is -0.932. The Balaban J connectivity index is 2.50. The number of amides is 2. The summed E-state index contributed by atoms with van der Waals surface area (Å²) in [4.78, 5) is 25.1. The molecule has 1 aliphatic heterocycles. The minimum Gasteiger partial charge on any atom is -0.444 e. The Bertz CT molecular complexity index is 311. The van der Waals surface area contributed by atoms with E-state index in [0.29, 0.717) is 12.4 Å². The molecule has 0 unspecified atom stereocenters. The number of ether oxygens (including phenoxy) is 1. The molecule has 104 valence electrons. The number of carbonyl (C=O) groups excluding carboxylic acids is 2. The number of rotatable bonds is 3. The van der Waals surface area contributed by atoms with Crippen LogP contribution in [0.25, 0.3) is 0 Å². The summed E-state index contributed by atoms with van der Waals surface area (Å²) in [5, 5.41) is 11.6. The van der Waals surface area contributed by atoms with Crippen molar-refractivity contribution in [2.24, 2.45) is 0 Å². The van der Waals surface area contributed by atoms with Gasteiger partial charge in [0.25, 0.3) is 0 Å². The molecule has 2 N–H and O–H groups in total.